The zero-order valence-electron chi connectivity index (χ0n) is 13.4. The van der Waals surface area contributed by atoms with E-state index >= 15 is 0 Å². The molecule has 1 aliphatic rings. The molecule has 0 saturated carbocycles. The topological polar surface area (TPSA) is 39.1 Å². The Hall–Kier alpha value is -2.46. The van der Waals surface area contributed by atoms with Gasteiger partial charge in [-0.1, -0.05) is 35.9 Å². The van der Waals surface area contributed by atoms with E-state index in [1.54, 1.807) is 7.11 Å². The van der Waals surface area contributed by atoms with Crippen LogP contribution in [-0.4, -0.2) is 23.4 Å². The highest BCUT2D eigenvalue weighted by molar-refractivity contribution is 6.32. The molecule has 0 bridgehead atoms. The molecular formula is C19H18ClN3O. The van der Waals surface area contributed by atoms with Crippen molar-refractivity contribution in [3.63, 3.8) is 0 Å². The van der Waals surface area contributed by atoms with Crippen LogP contribution < -0.4 is 10.1 Å². The third-order valence-electron chi connectivity index (χ3n) is 4.32. The van der Waals surface area contributed by atoms with Gasteiger partial charge in [0.2, 0.25) is 0 Å². The van der Waals surface area contributed by atoms with Crippen LogP contribution in [0.5, 0.6) is 5.75 Å². The number of rotatable bonds is 4. The summed E-state index contributed by atoms with van der Waals surface area (Å²) >= 11 is 6.36. The number of benzene rings is 2. The highest BCUT2D eigenvalue weighted by atomic mass is 35.5. The second kappa shape index (κ2) is 6.21. The van der Waals surface area contributed by atoms with E-state index in [1.165, 1.54) is 11.1 Å². The van der Waals surface area contributed by atoms with Gasteiger partial charge >= 0.3 is 0 Å². The molecule has 24 heavy (non-hydrogen) atoms. The van der Waals surface area contributed by atoms with E-state index in [0.717, 1.165) is 42.3 Å². The smallest absolute Gasteiger partial charge is 0.133 e. The molecule has 0 amide bonds. The first-order valence-corrected chi connectivity index (χ1v) is 8.36. The lowest BCUT2D eigenvalue weighted by atomic mass is 10.1. The van der Waals surface area contributed by atoms with Crippen molar-refractivity contribution in [2.24, 2.45) is 0 Å². The zero-order valence-corrected chi connectivity index (χ0v) is 14.2. The van der Waals surface area contributed by atoms with E-state index in [1.807, 2.05) is 41.1 Å². The monoisotopic (exact) mass is 339 g/mol. The summed E-state index contributed by atoms with van der Waals surface area (Å²) in [5, 5.41) is 8.98. The Bertz CT molecular complexity index is 888. The summed E-state index contributed by atoms with van der Waals surface area (Å²) < 4.78 is 7.25. The second-order valence-electron chi connectivity index (χ2n) is 5.84. The molecule has 4 rings (SSSR count). The lowest BCUT2D eigenvalue weighted by molar-refractivity contribution is 0.414. The van der Waals surface area contributed by atoms with Crippen molar-refractivity contribution < 1.29 is 4.74 Å². The maximum Gasteiger partial charge on any atom is 0.133 e. The summed E-state index contributed by atoms with van der Waals surface area (Å²) in [5.41, 5.74) is 4.45. The van der Waals surface area contributed by atoms with Crippen LogP contribution in [0, 0.1) is 0 Å². The average Bonchev–Trinajstić information content (AvgIpc) is 3.20. The van der Waals surface area contributed by atoms with E-state index < -0.39 is 0 Å². The zero-order chi connectivity index (χ0) is 16.5. The van der Waals surface area contributed by atoms with Gasteiger partial charge in [0, 0.05) is 18.5 Å². The highest BCUT2D eigenvalue weighted by Gasteiger charge is 2.23. The van der Waals surface area contributed by atoms with Crippen LogP contribution in [-0.2, 0) is 12.8 Å². The average molecular weight is 340 g/mol. The number of hydrogen-bond acceptors (Lipinski definition) is 3. The van der Waals surface area contributed by atoms with Gasteiger partial charge in [-0.05, 0) is 36.2 Å². The van der Waals surface area contributed by atoms with Gasteiger partial charge in [0.05, 0.1) is 23.5 Å². The standard InChI is InChI=1S/C19H18ClN3O/c1-24-14-6-4-5-13(11-14)12-17-15-9-10-21-19(15)23(22-17)18-8-3-2-7-16(18)20/h2-8,11,21H,9-10,12H2,1H3. The molecule has 2 aromatic carbocycles. The third-order valence-corrected chi connectivity index (χ3v) is 4.64. The molecule has 0 spiro atoms. The summed E-state index contributed by atoms with van der Waals surface area (Å²) in [5.74, 6) is 1.92. The molecule has 0 atom stereocenters. The van der Waals surface area contributed by atoms with Crippen LogP contribution in [0.2, 0.25) is 5.02 Å². The fourth-order valence-corrected chi connectivity index (χ4v) is 3.38. The maximum absolute atomic E-state index is 6.36. The van der Waals surface area contributed by atoms with Crippen molar-refractivity contribution in [2.75, 3.05) is 19.0 Å². The summed E-state index contributed by atoms with van der Waals surface area (Å²) in [6, 6.07) is 15.9. The number of nitrogens with one attached hydrogen (secondary N) is 1. The largest absolute Gasteiger partial charge is 0.497 e. The van der Waals surface area contributed by atoms with Crippen molar-refractivity contribution in [1.29, 1.82) is 0 Å². The lowest BCUT2D eigenvalue weighted by Crippen LogP contribution is -2.05. The fourth-order valence-electron chi connectivity index (χ4n) is 3.16. The predicted molar refractivity (Wildman–Crippen MR) is 96.6 cm³/mol. The number of halogens is 1. The summed E-state index contributed by atoms with van der Waals surface area (Å²) in [6.07, 6.45) is 1.76. The van der Waals surface area contributed by atoms with Crippen molar-refractivity contribution in [1.82, 2.24) is 9.78 Å². The normalized spacial score (nSPS) is 12.8. The predicted octanol–water partition coefficient (Wildman–Crippen LogP) is 4.09. The SMILES string of the molecule is COc1cccc(Cc2nn(-c3ccccc3Cl)c3c2CCN3)c1. The first-order valence-electron chi connectivity index (χ1n) is 7.99. The Kier molecular flexibility index (Phi) is 3.90. The molecule has 0 fully saturated rings. The van der Waals surface area contributed by atoms with Crippen molar-refractivity contribution >= 4 is 17.4 Å². The van der Waals surface area contributed by atoms with Crippen LogP contribution in [0.1, 0.15) is 16.8 Å². The molecule has 2 heterocycles. The minimum absolute atomic E-state index is 0.699. The molecular weight excluding hydrogens is 322 g/mol. The van der Waals surface area contributed by atoms with Gasteiger partial charge in [-0.25, -0.2) is 4.68 Å². The third kappa shape index (κ3) is 2.63. The number of ether oxygens (including phenoxy) is 1. The molecule has 3 aromatic rings. The molecule has 1 N–H and O–H groups in total. The summed E-state index contributed by atoms with van der Waals surface area (Å²) in [6.45, 7) is 0.933. The van der Waals surface area contributed by atoms with Gasteiger partial charge in [0.15, 0.2) is 0 Å². The molecule has 0 radical (unpaired) electrons. The van der Waals surface area contributed by atoms with E-state index in [-0.39, 0.29) is 0 Å². The molecule has 0 unspecified atom stereocenters. The number of anilines is 1. The van der Waals surface area contributed by atoms with E-state index in [0.29, 0.717) is 5.02 Å². The van der Waals surface area contributed by atoms with Gasteiger partial charge in [-0.3, -0.25) is 0 Å². The van der Waals surface area contributed by atoms with Crippen LogP contribution in [0.4, 0.5) is 5.82 Å². The number of methoxy groups -OCH3 is 1. The number of para-hydroxylation sites is 1. The van der Waals surface area contributed by atoms with Crippen LogP contribution in [0.15, 0.2) is 48.5 Å². The van der Waals surface area contributed by atoms with Gasteiger partial charge in [-0.2, -0.15) is 5.10 Å². The van der Waals surface area contributed by atoms with E-state index in [2.05, 4.69) is 17.4 Å². The molecule has 1 aromatic heterocycles. The van der Waals surface area contributed by atoms with Gasteiger partial charge in [0.25, 0.3) is 0 Å². The molecule has 0 saturated heterocycles. The Labute approximate surface area is 146 Å². The van der Waals surface area contributed by atoms with Crippen molar-refractivity contribution in [3.8, 4) is 11.4 Å². The number of aromatic nitrogens is 2. The molecule has 0 aliphatic carbocycles. The number of fused-ring (bicyclic) bond motifs is 1. The van der Waals surface area contributed by atoms with Gasteiger partial charge in [-0.15, -0.1) is 0 Å². The quantitative estimate of drug-likeness (QED) is 0.778. The molecule has 5 heteroatoms. The minimum Gasteiger partial charge on any atom is -0.497 e. The minimum atomic E-state index is 0.699. The maximum atomic E-state index is 6.36. The fraction of sp³-hybridized carbons (Fsp3) is 0.211. The van der Waals surface area contributed by atoms with Gasteiger partial charge < -0.3 is 10.1 Å². The Morgan fingerprint density at radius 3 is 2.92 bits per heavy atom. The first kappa shape index (κ1) is 15.1. The van der Waals surface area contributed by atoms with E-state index in [4.69, 9.17) is 21.4 Å². The Morgan fingerprint density at radius 1 is 1.21 bits per heavy atom. The van der Waals surface area contributed by atoms with Crippen molar-refractivity contribution in [3.05, 3.63) is 70.4 Å². The first-order chi connectivity index (χ1) is 11.8. The highest BCUT2D eigenvalue weighted by Crippen LogP contribution is 2.32. The Morgan fingerprint density at radius 2 is 2.08 bits per heavy atom. The second-order valence-corrected chi connectivity index (χ2v) is 6.25. The molecule has 4 nitrogen and oxygen atoms in total. The van der Waals surface area contributed by atoms with Crippen LogP contribution in [0.25, 0.3) is 5.69 Å². The summed E-state index contributed by atoms with van der Waals surface area (Å²) in [7, 11) is 1.69. The Balaban J connectivity index is 1.75. The van der Waals surface area contributed by atoms with Crippen LogP contribution >= 0.6 is 11.6 Å². The lowest BCUT2D eigenvalue weighted by Gasteiger charge is -2.08. The molecule has 122 valence electrons. The number of nitrogens with zero attached hydrogens (tertiary/aromatic N) is 2. The van der Waals surface area contributed by atoms with Crippen LogP contribution in [0.3, 0.4) is 0 Å². The molecule has 1 aliphatic heterocycles. The summed E-state index contributed by atoms with van der Waals surface area (Å²) in [4.78, 5) is 0. The van der Waals surface area contributed by atoms with E-state index in [9.17, 15) is 0 Å². The van der Waals surface area contributed by atoms with Gasteiger partial charge in [0.1, 0.15) is 11.6 Å². The van der Waals surface area contributed by atoms with Crippen molar-refractivity contribution in [2.45, 2.75) is 12.8 Å². The number of hydrogen-bond donors (Lipinski definition) is 1.